The summed E-state index contributed by atoms with van der Waals surface area (Å²) in [6.07, 6.45) is 0. The lowest BCUT2D eigenvalue weighted by Gasteiger charge is -2.33. The first kappa shape index (κ1) is 19.0. The van der Waals surface area contributed by atoms with Crippen molar-refractivity contribution in [1.29, 1.82) is 0 Å². The maximum absolute atomic E-state index is 12.5. The lowest BCUT2D eigenvalue weighted by atomic mass is 9.78. The van der Waals surface area contributed by atoms with Crippen LogP contribution >= 0.6 is 12.4 Å². The highest BCUT2D eigenvalue weighted by atomic mass is 35.5. The van der Waals surface area contributed by atoms with E-state index >= 15 is 0 Å². The summed E-state index contributed by atoms with van der Waals surface area (Å²) in [5, 5.41) is 3.11. The maximum Gasteiger partial charge on any atom is 0.251 e. The molecule has 0 heterocycles. The van der Waals surface area contributed by atoms with Gasteiger partial charge in [0, 0.05) is 22.7 Å². The smallest absolute Gasteiger partial charge is 0.251 e. The third-order valence-corrected chi connectivity index (χ3v) is 4.45. The highest BCUT2D eigenvalue weighted by Gasteiger charge is 2.29. The van der Waals surface area contributed by atoms with E-state index in [-0.39, 0.29) is 29.8 Å². The summed E-state index contributed by atoms with van der Waals surface area (Å²) in [4.78, 5) is 12.5. The molecule has 1 amide bonds. The largest absolute Gasteiger partial charge is 0.399 e. The van der Waals surface area contributed by atoms with Gasteiger partial charge in [-0.1, -0.05) is 50.2 Å². The second-order valence-electron chi connectivity index (χ2n) is 6.36. The quantitative estimate of drug-likeness (QED) is 0.828. The molecule has 0 spiro atoms. The van der Waals surface area contributed by atoms with Gasteiger partial charge in [0.25, 0.3) is 5.91 Å². The van der Waals surface area contributed by atoms with E-state index in [0.717, 1.165) is 5.56 Å². The normalized spacial score (nSPS) is 12.2. The number of aryl methyl sites for hydroxylation is 1. The van der Waals surface area contributed by atoms with Crippen LogP contribution in [0.5, 0.6) is 0 Å². The van der Waals surface area contributed by atoms with Gasteiger partial charge in [-0.2, -0.15) is 0 Å². The average Bonchev–Trinajstić information content (AvgIpc) is 2.50. The number of hydrogen-bond donors (Lipinski definition) is 2. The van der Waals surface area contributed by atoms with Crippen molar-refractivity contribution in [3.8, 4) is 0 Å². The van der Waals surface area contributed by atoms with Crippen molar-refractivity contribution in [2.75, 3.05) is 5.73 Å². The van der Waals surface area contributed by atoms with E-state index in [4.69, 9.17) is 5.73 Å². The Labute approximate surface area is 144 Å². The van der Waals surface area contributed by atoms with E-state index in [1.807, 2.05) is 44.2 Å². The Hall–Kier alpha value is -2.00. The van der Waals surface area contributed by atoms with E-state index < -0.39 is 0 Å². The summed E-state index contributed by atoms with van der Waals surface area (Å²) in [6.45, 7) is 8.23. The lowest BCUT2D eigenvalue weighted by Crippen LogP contribution is -2.45. The number of rotatable bonds is 4. The number of nitrogens with one attached hydrogen (secondary N) is 1. The first-order valence-corrected chi connectivity index (χ1v) is 7.55. The van der Waals surface area contributed by atoms with Gasteiger partial charge in [0.05, 0.1) is 0 Å². The van der Waals surface area contributed by atoms with Crippen molar-refractivity contribution >= 4 is 24.0 Å². The Morgan fingerprint density at radius 2 is 1.74 bits per heavy atom. The number of nitrogen functional groups attached to an aromatic ring is 1. The molecule has 0 aliphatic rings. The fourth-order valence-corrected chi connectivity index (χ4v) is 2.46. The molecule has 0 saturated heterocycles. The van der Waals surface area contributed by atoms with Crippen LogP contribution in [0.15, 0.2) is 48.5 Å². The minimum absolute atomic E-state index is 0. The molecule has 0 aliphatic heterocycles. The molecule has 0 bridgehead atoms. The highest BCUT2D eigenvalue weighted by Crippen LogP contribution is 2.27. The third-order valence-electron chi connectivity index (χ3n) is 4.45. The van der Waals surface area contributed by atoms with E-state index in [0.29, 0.717) is 11.3 Å². The average molecular weight is 333 g/mol. The van der Waals surface area contributed by atoms with Gasteiger partial charge < -0.3 is 11.1 Å². The Balaban J connectivity index is 0.00000264. The predicted octanol–water partition coefficient (Wildman–Crippen LogP) is 4.10. The molecular formula is C19H25ClN2O. The molecule has 0 aromatic heterocycles. The van der Waals surface area contributed by atoms with Crippen molar-refractivity contribution in [2.45, 2.75) is 39.2 Å². The molecule has 0 saturated carbocycles. The summed E-state index contributed by atoms with van der Waals surface area (Å²) >= 11 is 0. The van der Waals surface area contributed by atoms with Crippen molar-refractivity contribution in [3.63, 3.8) is 0 Å². The molecule has 0 aliphatic carbocycles. The second-order valence-corrected chi connectivity index (χ2v) is 6.36. The van der Waals surface area contributed by atoms with Gasteiger partial charge in [-0.3, -0.25) is 4.79 Å². The number of hydrogen-bond acceptors (Lipinski definition) is 2. The summed E-state index contributed by atoms with van der Waals surface area (Å²) in [6, 6.07) is 15.6. The Morgan fingerprint density at radius 1 is 1.13 bits per heavy atom. The number of halogens is 1. The minimum Gasteiger partial charge on any atom is -0.399 e. The molecule has 3 nitrogen and oxygen atoms in total. The van der Waals surface area contributed by atoms with E-state index in [1.165, 1.54) is 5.56 Å². The fourth-order valence-electron chi connectivity index (χ4n) is 2.46. The molecule has 3 N–H and O–H groups in total. The van der Waals surface area contributed by atoms with Crippen LogP contribution in [-0.4, -0.2) is 11.9 Å². The first-order chi connectivity index (χ1) is 10.3. The Morgan fingerprint density at radius 3 is 2.35 bits per heavy atom. The number of anilines is 1. The zero-order valence-corrected chi connectivity index (χ0v) is 14.9. The van der Waals surface area contributed by atoms with Gasteiger partial charge in [-0.25, -0.2) is 0 Å². The molecule has 1 atom stereocenters. The molecule has 1 unspecified atom stereocenters. The maximum atomic E-state index is 12.5. The summed E-state index contributed by atoms with van der Waals surface area (Å²) in [5.41, 5.74) is 9.00. The SMILES string of the molecule is Cc1ccc(N)cc1C(=O)NC(C)C(C)(C)c1ccccc1.Cl. The van der Waals surface area contributed by atoms with Gasteiger partial charge >= 0.3 is 0 Å². The van der Waals surface area contributed by atoms with Crippen molar-refractivity contribution < 1.29 is 4.79 Å². The van der Waals surface area contributed by atoms with Gasteiger partial charge in [0.2, 0.25) is 0 Å². The van der Waals surface area contributed by atoms with Gasteiger partial charge in [-0.05, 0) is 37.1 Å². The van der Waals surface area contributed by atoms with Gasteiger partial charge in [0.15, 0.2) is 0 Å². The summed E-state index contributed by atoms with van der Waals surface area (Å²) < 4.78 is 0. The summed E-state index contributed by atoms with van der Waals surface area (Å²) in [5.74, 6) is -0.0821. The van der Waals surface area contributed by atoms with Crippen LogP contribution in [-0.2, 0) is 5.41 Å². The first-order valence-electron chi connectivity index (χ1n) is 7.55. The molecular weight excluding hydrogens is 308 g/mol. The monoisotopic (exact) mass is 332 g/mol. The number of carbonyl (C=O) groups excluding carboxylic acids is 1. The molecule has 4 heteroatoms. The Kier molecular flexibility index (Phi) is 6.22. The molecule has 0 radical (unpaired) electrons. The van der Waals surface area contributed by atoms with Gasteiger partial charge in [-0.15, -0.1) is 12.4 Å². The zero-order valence-electron chi connectivity index (χ0n) is 14.1. The van der Waals surface area contributed by atoms with Crippen LogP contribution in [0.2, 0.25) is 0 Å². The second kappa shape index (κ2) is 7.51. The van der Waals surface area contributed by atoms with Crippen LogP contribution in [0.25, 0.3) is 0 Å². The van der Waals surface area contributed by atoms with E-state index in [9.17, 15) is 4.79 Å². The molecule has 23 heavy (non-hydrogen) atoms. The third kappa shape index (κ3) is 4.26. The van der Waals surface area contributed by atoms with Crippen molar-refractivity contribution in [2.24, 2.45) is 0 Å². The molecule has 124 valence electrons. The topological polar surface area (TPSA) is 55.1 Å². The fraction of sp³-hybridized carbons (Fsp3) is 0.316. The zero-order chi connectivity index (χ0) is 16.3. The number of benzene rings is 2. The van der Waals surface area contributed by atoms with Gasteiger partial charge in [0.1, 0.15) is 0 Å². The molecule has 2 aromatic rings. The van der Waals surface area contributed by atoms with Crippen LogP contribution in [0.4, 0.5) is 5.69 Å². The van der Waals surface area contributed by atoms with Crippen LogP contribution in [0.1, 0.15) is 42.3 Å². The van der Waals surface area contributed by atoms with E-state index in [2.05, 4.69) is 31.3 Å². The highest BCUT2D eigenvalue weighted by molar-refractivity contribution is 5.96. The van der Waals surface area contributed by atoms with Crippen LogP contribution < -0.4 is 11.1 Å². The summed E-state index contributed by atoms with van der Waals surface area (Å²) in [7, 11) is 0. The van der Waals surface area contributed by atoms with Crippen molar-refractivity contribution in [1.82, 2.24) is 5.32 Å². The molecule has 0 fully saturated rings. The lowest BCUT2D eigenvalue weighted by molar-refractivity contribution is 0.0923. The Bertz CT molecular complexity index is 668. The number of amides is 1. The minimum atomic E-state index is -0.162. The number of carbonyl (C=O) groups is 1. The number of nitrogens with two attached hydrogens (primary N) is 1. The van der Waals surface area contributed by atoms with Crippen molar-refractivity contribution in [3.05, 3.63) is 65.2 Å². The molecule has 2 aromatic carbocycles. The predicted molar refractivity (Wildman–Crippen MR) is 99.2 cm³/mol. The van der Waals surface area contributed by atoms with E-state index in [1.54, 1.807) is 6.07 Å². The van der Waals surface area contributed by atoms with Crippen LogP contribution in [0, 0.1) is 6.92 Å². The van der Waals surface area contributed by atoms with Crippen LogP contribution in [0.3, 0.4) is 0 Å². The molecule has 2 rings (SSSR count). The standard InChI is InChI=1S/C19H24N2O.ClH/c1-13-10-11-16(20)12-17(13)18(22)21-14(2)19(3,4)15-8-6-5-7-9-15;/h5-12,14H,20H2,1-4H3,(H,21,22);1H.